The van der Waals surface area contributed by atoms with Crippen LogP contribution in [-0.4, -0.2) is 81.5 Å². The number of rotatable bonds is 21. The molecule has 0 rings (SSSR count). The minimum absolute atomic E-state index is 0.161. The minimum Gasteiger partial charge on any atom is -0.462 e. The Morgan fingerprint density at radius 2 is 1.10 bits per heavy atom. The maximum atomic E-state index is 12.5. The molecule has 0 aliphatic rings. The predicted octanol–water partition coefficient (Wildman–Crippen LogP) is 2.07. The van der Waals surface area contributed by atoms with Crippen molar-refractivity contribution in [3.8, 4) is 0 Å². The van der Waals surface area contributed by atoms with Gasteiger partial charge < -0.3 is 34.3 Å². The van der Waals surface area contributed by atoms with Crippen LogP contribution >= 0.6 is 0 Å². The first kappa shape index (κ1) is 36.6. The maximum absolute atomic E-state index is 12.5. The maximum Gasteiger partial charge on any atom is 0.407 e. The van der Waals surface area contributed by atoms with E-state index in [0.717, 1.165) is 25.0 Å². The second kappa shape index (κ2) is 21.4. The summed E-state index contributed by atoms with van der Waals surface area (Å²) in [7, 11) is 0. The Bertz CT molecular complexity index is 974. The van der Waals surface area contributed by atoms with Gasteiger partial charge in [-0.1, -0.05) is 39.2 Å². The molecule has 0 aromatic heterocycles. The van der Waals surface area contributed by atoms with Crippen molar-refractivity contribution in [2.75, 3.05) is 39.5 Å². The van der Waals surface area contributed by atoms with Gasteiger partial charge in [0.05, 0.1) is 0 Å². The Hall–Kier alpha value is -4.42. The van der Waals surface area contributed by atoms with Crippen LogP contribution in [0.4, 0.5) is 4.79 Å². The predicted molar refractivity (Wildman–Crippen MR) is 147 cm³/mol. The number of amides is 2. The molecule has 13 heteroatoms. The highest BCUT2D eigenvalue weighted by Crippen LogP contribution is 2.05. The highest BCUT2D eigenvalue weighted by atomic mass is 16.6. The van der Waals surface area contributed by atoms with Crippen molar-refractivity contribution in [1.82, 2.24) is 10.6 Å². The fraction of sp³-hybridized carbons (Fsp3) is 0.500. The number of unbranched alkanes of at least 4 members (excludes halogenated alkanes) is 3. The molecule has 2 N–H and O–H groups in total. The molecule has 0 heterocycles. The van der Waals surface area contributed by atoms with Crippen LogP contribution in [0.25, 0.3) is 0 Å². The first-order valence-electron chi connectivity index (χ1n) is 12.9. The standard InChI is InChI=1S/C28H40N2O11/c1-7-23(31)37-15-21(16-39-26(34)19(3)4)25(33)29-13-11-9-10-12-14-30-28(36)41-22(17-38-24(32)8-2)18-40-27(35)20(5)6/h7-8,21-22H,1-3,5,9-18H2,4,6H3,(H,29,33)(H,30,36). The van der Waals surface area contributed by atoms with E-state index in [-0.39, 0.29) is 37.6 Å². The van der Waals surface area contributed by atoms with Gasteiger partial charge in [-0.25, -0.2) is 24.0 Å². The number of hydrogen-bond donors (Lipinski definition) is 2. The Balaban J connectivity index is 4.39. The van der Waals surface area contributed by atoms with Crippen molar-refractivity contribution in [3.05, 3.63) is 49.6 Å². The Morgan fingerprint density at radius 1 is 0.659 bits per heavy atom. The van der Waals surface area contributed by atoms with Crippen LogP contribution < -0.4 is 10.6 Å². The summed E-state index contributed by atoms with van der Waals surface area (Å²) in [6, 6.07) is 0. The Morgan fingerprint density at radius 3 is 1.61 bits per heavy atom. The highest BCUT2D eigenvalue weighted by Gasteiger charge is 2.22. The van der Waals surface area contributed by atoms with Crippen molar-refractivity contribution in [2.24, 2.45) is 5.92 Å². The number of carbonyl (C=O) groups excluding carboxylic acids is 6. The molecule has 2 unspecified atom stereocenters. The normalized spacial score (nSPS) is 11.5. The molecule has 2 amide bonds. The lowest BCUT2D eigenvalue weighted by Crippen LogP contribution is -2.37. The average Bonchev–Trinajstić information content (AvgIpc) is 2.94. The zero-order valence-electron chi connectivity index (χ0n) is 23.7. The van der Waals surface area contributed by atoms with E-state index in [4.69, 9.17) is 23.7 Å². The number of nitrogens with one attached hydrogen (secondary N) is 2. The summed E-state index contributed by atoms with van der Waals surface area (Å²) in [4.78, 5) is 70.4. The summed E-state index contributed by atoms with van der Waals surface area (Å²) < 4.78 is 24.9. The monoisotopic (exact) mass is 580 g/mol. The Labute approximate surface area is 239 Å². The quantitative estimate of drug-likeness (QED) is 0.0881. The third-order valence-corrected chi connectivity index (χ3v) is 5.00. The van der Waals surface area contributed by atoms with Gasteiger partial charge in [-0.3, -0.25) is 4.79 Å². The molecule has 0 aliphatic heterocycles. The molecule has 0 fully saturated rings. The van der Waals surface area contributed by atoms with Crippen LogP contribution in [0, 0.1) is 5.92 Å². The first-order chi connectivity index (χ1) is 19.4. The van der Waals surface area contributed by atoms with Crippen molar-refractivity contribution >= 4 is 35.9 Å². The summed E-state index contributed by atoms with van der Waals surface area (Å²) in [5.74, 6) is -4.10. The summed E-state index contributed by atoms with van der Waals surface area (Å²) >= 11 is 0. The lowest BCUT2D eigenvalue weighted by atomic mass is 10.1. The van der Waals surface area contributed by atoms with Gasteiger partial charge in [0.1, 0.15) is 32.3 Å². The fourth-order valence-corrected chi connectivity index (χ4v) is 2.73. The summed E-state index contributed by atoms with van der Waals surface area (Å²) in [5, 5.41) is 5.28. The number of hydrogen-bond acceptors (Lipinski definition) is 11. The molecule has 0 bridgehead atoms. The lowest BCUT2D eigenvalue weighted by Gasteiger charge is -2.18. The van der Waals surface area contributed by atoms with Crippen molar-refractivity contribution < 1.29 is 52.5 Å². The molecule has 0 aromatic rings. The van der Waals surface area contributed by atoms with Crippen molar-refractivity contribution in [1.29, 1.82) is 0 Å². The van der Waals surface area contributed by atoms with Gasteiger partial charge in [-0.2, -0.15) is 0 Å². The Kier molecular flexibility index (Phi) is 19.1. The van der Waals surface area contributed by atoms with E-state index in [9.17, 15) is 28.8 Å². The molecule has 228 valence electrons. The van der Waals surface area contributed by atoms with Gasteiger partial charge in [0.2, 0.25) is 5.91 Å². The van der Waals surface area contributed by atoms with E-state index in [0.29, 0.717) is 25.9 Å². The zero-order chi connectivity index (χ0) is 31.2. The molecule has 0 radical (unpaired) electrons. The van der Waals surface area contributed by atoms with E-state index in [1.54, 1.807) is 0 Å². The molecule has 0 saturated carbocycles. The molecular formula is C28H40N2O11. The number of alkyl carbamates (subject to hydrolysis) is 1. The van der Waals surface area contributed by atoms with Gasteiger partial charge in [-0.05, 0) is 26.7 Å². The van der Waals surface area contributed by atoms with Crippen LogP contribution in [-0.2, 0) is 47.7 Å². The second-order valence-corrected chi connectivity index (χ2v) is 8.78. The van der Waals surface area contributed by atoms with Crippen LogP contribution in [0.3, 0.4) is 0 Å². The largest absolute Gasteiger partial charge is 0.462 e. The SMILES string of the molecule is C=CC(=O)OCC(COC(=O)C(=C)C)OC(=O)NCCCCCCNC(=O)C(COC(=O)C=C)COC(=O)C(=C)C. The van der Waals surface area contributed by atoms with Crippen LogP contribution in [0.1, 0.15) is 39.5 Å². The molecule has 0 aliphatic carbocycles. The average molecular weight is 581 g/mol. The number of esters is 4. The highest BCUT2D eigenvalue weighted by molar-refractivity contribution is 5.88. The number of carbonyl (C=O) groups is 6. The smallest absolute Gasteiger partial charge is 0.407 e. The van der Waals surface area contributed by atoms with Crippen LogP contribution in [0.2, 0.25) is 0 Å². The van der Waals surface area contributed by atoms with Crippen LogP contribution in [0.5, 0.6) is 0 Å². The summed E-state index contributed by atoms with van der Waals surface area (Å²) in [6.45, 7) is 15.8. The second-order valence-electron chi connectivity index (χ2n) is 8.78. The van der Waals surface area contributed by atoms with Gasteiger partial charge in [0, 0.05) is 36.4 Å². The van der Waals surface area contributed by atoms with E-state index in [2.05, 4.69) is 36.9 Å². The van der Waals surface area contributed by atoms with E-state index >= 15 is 0 Å². The number of ether oxygens (including phenoxy) is 5. The zero-order valence-corrected chi connectivity index (χ0v) is 23.7. The molecule has 0 saturated heterocycles. The lowest BCUT2D eigenvalue weighted by molar-refractivity contribution is -0.148. The topological polar surface area (TPSA) is 173 Å². The fourth-order valence-electron chi connectivity index (χ4n) is 2.73. The third kappa shape index (κ3) is 18.5. The van der Waals surface area contributed by atoms with E-state index in [1.807, 2.05) is 0 Å². The molecule has 0 aromatic carbocycles. The van der Waals surface area contributed by atoms with Crippen molar-refractivity contribution in [3.63, 3.8) is 0 Å². The molecule has 41 heavy (non-hydrogen) atoms. The third-order valence-electron chi connectivity index (χ3n) is 5.00. The van der Waals surface area contributed by atoms with E-state index in [1.165, 1.54) is 13.8 Å². The van der Waals surface area contributed by atoms with Gasteiger partial charge >= 0.3 is 30.0 Å². The molecule has 0 spiro atoms. The first-order valence-corrected chi connectivity index (χ1v) is 12.9. The van der Waals surface area contributed by atoms with Crippen molar-refractivity contribution in [2.45, 2.75) is 45.6 Å². The van der Waals surface area contributed by atoms with Gasteiger partial charge in [0.25, 0.3) is 0 Å². The summed E-state index contributed by atoms with van der Waals surface area (Å²) in [6.07, 6.45) is 2.80. The van der Waals surface area contributed by atoms with E-state index < -0.39 is 47.9 Å². The van der Waals surface area contributed by atoms with Gasteiger partial charge in [0.15, 0.2) is 6.10 Å². The summed E-state index contributed by atoms with van der Waals surface area (Å²) in [5.41, 5.74) is 0.335. The molecular weight excluding hydrogens is 540 g/mol. The van der Waals surface area contributed by atoms with Gasteiger partial charge in [-0.15, -0.1) is 0 Å². The minimum atomic E-state index is -1.03. The van der Waals surface area contributed by atoms with Crippen LogP contribution in [0.15, 0.2) is 49.6 Å². The molecule has 13 nitrogen and oxygen atoms in total. The molecule has 2 atom stereocenters.